The molecule has 1 aliphatic rings. The Morgan fingerprint density at radius 2 is 1.86 bits per heavy atom. The number of benzene rings is 2. The number of hydrogen-bond acceptors (Lipinski definition) is 6. The smallest absolute Gasteiger partial charge is 0.257 e. The van der Waals surface area contributed by atoms with Gasteiger partial charge in [-0.2, -0.15) is 0 Å². The van der Waals surface area contributed by atoms with E-state index >= 15 is 4.39 Å². The molecule has 2 aromatic heterocycles. The van der Waals surface area contributed by atoms with Crippen molar-refractivity contribution < 1.29 is 19.0 Å². The number of ether oxygens (including phenoxy) is 1. The van der Waals surface area contributed by atoms with Crippen molar-refractivity contribution in [1.82, 2.24) is 24.9 Å². The van der Waals surface area contributed by atoms with Crippen LogP contribution in [0.5, 0.6) is 0 Å². The second-order valence-electron chi connectivity index (χ2n) is 8.69. The molecule has 4 aromatic rings. The molecule has 0 spiro atoms. The molecule has 2 atom stereocenters. The number of nitrogens with zero attached hydrogens (tertiary/aromatic N) is 5. The Balaban J connectivity index is 1.70. The third kappa shape index (κ3) is 4.27. The van der Waals surface area contributed by atoms with Crippen molar-refractivity contribution in [2.45, 2.75) is 18.2 Å². The van der Waals surface area contributed by atoms with Gasteiger partial charge >= 0.3 is 0 Å². The molecule has 0 radical (unpaired) electrons. The number of aliphatic hydroxyl groups is 1. The summed E-state index contributed by atoms with van der Waals surface area (Å²) in [5.74, 6) is -1.80. The van der Waals surface area contributed by atoms with E-state index < -0.39 is 23.4 Å². The minimum Gasteiger partial charge on any atom is -0.395 e. The summed E-state index contributed by atoms with van der Waals surface area (Å²) >= 11 is 12.1. The number of carbonyl (C=O) groups excluding carboxylic acids is 1. The normalized spacial score (nSPS) is 17.8. The molecule has 8 nitrogen and oxygen atoms in total. The van der Waals surface area contributed by atoms with Gasteiger partial charge in [0, 0.05) is 37.1 Å². The third-order valence-corrected chi connectivity index (χ3v) is 6.98. The van der Waals surface area contributed by atoms with Gasteiger partial charge in [0.1, 0.15) is 5.82 Å². The molecule has 5 rings (SSSR count). The number of carbonyl (C=O) groups is 1. The first kappa shape index (κ1) is 25.3. The Kier molecular flexibility index (Phi) is 6.72. The molecule has 0 saturated carbocycles. The van der Waals surface area contributed by atoms with Crippen LogP contribution in [-0.2, 0) is 24.1 Å². The van der Waals surface area contributed by atoms with Crippen molar-refractivity contribution in [1.29, 1.82) is 0 Å². The van der Waals surface area contributed by atoms with E-state index in [1.807, 2.05) is 0 Å². The van der Waals surface area contributed by atoms with Crippen LogP contribution in [0.25, 0.3) is 0 Å². The average Bonchev–Trinajstić information content (AvgIpc) is 3.41. The van der Waals surface area contributed by atoms with Gasteiger partial charge in [-0.05, 0) is 42.0 Å². The first-order valence-electron chi connectivity index (χ1n) is 11.3. The van der Waals surface area contributed by atoms with Crippen LogP contribution >= 0.6 is 23.2 Å². The van der Waals surface area contributed by atoms with Crippen molar-refractivity contribution in [3.8, 4) is 0 Å². The minimum absolute atomic E-state index is 0.0174. The summed E-state index contributed by atoms with van der Waals surface area (Å²) in [7, 11) is 3.11. The van der Waals surface area contributed by atoms with Crippen molar-refractivity contribution >= 4 is 29.1 Å². The lowest BCUT2D eigenvalue weighted by Gasteiger charge is -2.38. The molecule has 0 bridgehead atoms. The van der Waals surface area contributed by atoms with Gasteiger partial charge < -0.3 is 9.84 Å². The predicted octanol–water partition coefficient (Wildman–Crippen LogP) is 4.28. The number of pyridine rings is 1. The first-order valence-corrected chi connectivity index (χ1v) is 12.1. The standard InChI is InChI=1S/C26H22Cl2FN5O3/c1-33-13-23(31-32-33)21(14-35)15-9-20-24(22(29)10-15)26(37-2,16-3-5-17(27)6-4-16)34(25(20)36)12-19-8-7-18(28)11-30-19/h3-11,13,21,35H,12,14H2,1-2H3/t21?,26-/m1/s1. The molecule has 2 aromatic carbocycles. The Morgan fingerprint density at radius 3 is 2.46 bits per heavy atom. The van der Waals surface area contributed by atoms with Crippen molar-refractivity contribution in [2.24, 2.45) is 7.05 Å². The van der Waals surface area contributed by atoms with Crippen LogP contribution < -0.4 is 0 Å². The fourth-order valence-electron chi connectivity index (χ4n) is 4.81. The summed E-state index contributed by atoms with van der Waals surface area (Å²) in [6.45, 7) is -0.334. The van der Waals surface area contributed by atoms with Gasteiger partial charge in [-0.25, -0.2) is 4.39 Å². The Hall–Kier alpha value is -3.37. The summed E-state index contributed by atoms with van der Waals surface area (Å²) in [5, 5.41) is 19.0. The number of aromatic nitrogens is 4. The van der Waals surface area contributed by atoms with Crippen LogP contribution in [0, 0.1) is 5.82 Å². The molecule has 11 heteroatoms. The zero-order valence-electron chi connectivity index (χ0n) is 19.9. The van der Waals surface area contributed by atoms with Crippen molar-refractivity contribution in [3.05, 3.63) is 110 Å². The molecule has 0 fully saturated rings. The minimum atomic E-state index is -1.60. The van der Waals surface area contributed by atoms with Crippen LogP contribution in [-0.4, -0.2) is 49.6 Å². The summed E-state index contributed by atoms with van der Waals surface area (Å²) in [4.78, 5) is 19.7. The predicted molar refractivity (Wildman–Crippen MR) is 135 cm³/mol. The van der Waals surface area contributed by atoms with E-state index in [0.717, 1.165) is 0 Å². The number of aryl methyl sites for hydroxylation is 1. The lowest BCUT2D eigenvalue weighted by molar-refractivity contribution is -0.0885. The van der Waals surface area contributed by atoms with E-state index in [2.05, 4.69) is 15.3 Å². The zero-order valence-corrected chi connectivity index (χ0v) is 21.4. The lowest BCUT2D eigenvalue weighted by atomic mass is 9.88. The summed E-state index contributed by atoms with van der Waals surface area (Å²) in [6.07, 6.45) is 3.12. The monoisotopic (exact) mass is 541 g/mol. The summed E-state index contributed by atoms with van der Waals surface area (Å²) < 4.78 is 23.6. The van der Waals surface area contributed by atoms with Gasteiger partial charge in [-0.15, -0.1) is 5.10 Å². The summed E-state index contributed by atoms with van der Waals surface area (Å²) in [5.41, 5.74) is 0.475. The molecule has 0 aliphatic carbocycles. The second kappa shape index (κ2) is 9.83. The Morgan fingerprint density at radius 1 is 1.14 bits per heavy atom. The van der Waals surface area contributed by atoms with Crippen molar-refractivity contribution in [2.75, 3.05) is 13.7 Å². The molecule has 1 unspecified atom stereocenters. The highest BCUT2D eigenvalue weighted by atomic mass is 35.5. The number of rotatable bonds is 7. The van der Waals surface area contributed by atoms with Crippen LogP contribution in [0.2, 0.25) is 10.0 Å². The molecule has 190 valence electrons. The molecule has 1 N–H and O–H groups in total. The maximum atomic E-state index is 16.1. The number of aliphatic hydroxyl groups excluding tert-OH is 1. The first-order chi connectivity index (χ1) is 17.8. The molecule has 1 amide bonds. The molecule has 0 saturated heterocycles. The number of amides is 1. The van der Waals surface area contributed by atoms with Gasteiger partial charge in [-0.3, -0.25) is 19.4 Å². The largest absolute Gasteiger partial charge is 0.395 e. The number of halogens is 3. The van der Waals surface area contributed by atoms with Crippen LogP contribution in [0.3, 0.4) is 0 Å². The van der Waals surface area contributed by atoms with Gasteiger partial charge in [0.05, 0.1) is 46.6 Å². The van der Waals surface area contributed by atoms with E-state index in [9.17, 15) is 9.90 Å². The molecular formula is C26H22Cl2FN5O3. The van der Waals surface area contributed by atoms with E-state index in [-0.39, 0.29) is 24.3 Å². The molecular weight excluding hydrogens is 520 g/mol. The highest BCUT2D eigenvalue weighted by molar-refractivity contribution is 6.30. The quantitative estimate of drug-likeness (QED) is 0.375. The Bertz CT molecular complexity index is 1460. The van der Waals surface area contributed by atoms with E-state index in [4.69, 9.17) is 27.9 Å². The highest BCUT2D eigenvalue weighted by Crippen LogP contribution is 2.48. The molecule has 1 aliphatic heterocycles. The fourth-order valence-corrected chi connectivity index (χ4v) is 5.05. The van der Waals surface area contributed by atoms with E-state index in [1.165, 1.54) is 29.0 Å². The van der Waals surface area contributed by atoms with Gasteiger partial charge in [0.25, 0.3) is 5.91 Å². The van der Waals surface area contributed by atoms with Crippen LogP contribution in [0.1, 0.15) is 44.4 Å². The zero-order chi connectivity index (χ0) is 26.3. The number of fused-ring (bicyclic) bond motifs is 1. The van der Waals surface area contributed by atoms with E-state index in [1.54, 1.807) is 55.7 Å². The molecule has 3 heterocycles. The number of methoxy groups -OCH3 is 1. The SMILES string of the molecule is CO[C@]1(c2ccc(Cl)cc2)c2c(F)cc(C(CO)c3cn(C)nn3)cc2C(=O)N1Cc1ccc(Cl)cn1. The third-order valence-electron chi connectivity index (χ3n) is 6.51. The van der Waals surface area contributed by atoms with Crippen molar-refractivity contribution in [3.63, 3.8) is 0 Å². The average molecular weight is 542 g/mol. The Labute approximate surface area is 222 Å². The molecule has 37 heavy (non-hydrogen) atoms. The van der Waals surface area contributed by atoms with Gasteiger partial charge in [-0.1, -0.05) is 40.5 Å². The number of hydrogen-bond donors (Lipinski definition) is 1. The second-order valence-corrected chi connectivity index (χ2v) is 9.56. The maximum absolute atomic E-state index is 16.1. The van der Waals surface area contributed by atoms with Crippen LogP contribution in [0.15, 0.2) is 60.9 Å². The lowest BCUT2D eigenvalue weighted by Crippen LogP contribution is -2.46. The van der Waals surface area contributed by atoms with Crippen LogP contribution in [0.4, 0.5) is 4.39 Å². The topological polar surface area (TPSA) is 93.4 Å². The van der Waals surface area contributed by atoms with Gasteiger partial charge in [0.15, 0.2) is 5.72 Å². The fraction of sp³-hybridized carbons (Fsp3) is 0.231. The van der Waals surface area contributed by atoms with E-state index in [0.29, 0.717) is 32.6 Å². The highest BCUT2D eigenvalue weighted by Gasteiger charge is 2.54. The maximum Gasteiger partial charge on any atom is 0.257 e. The summed E-state index contributed by atoms with van der Waals surface area (Å²) in [6, 6.07) is 12.9. The van der Waals surface area contributed by atoms with Gasteiger partial charge in [0.2, 0.25) is 0 Å².